The molecule has 126 valence electrons. The highest BCUT2D eigenvalue weighted by Gasteiger charge is 2.24. The topological polar surface area (TPSA) is 88.9 Å². The maximum atomic E-state index is 12.1. The Morgan fingerprint density at radius 2 is 2.12 bits per heavy atom. The van der Waals surface area contributed by atoms with Crippen molar-refractivity contribution in [1.29, 1.82) is 0 Å². The van der Waals surface area contributed by atoms with Crippen LogP contribution in [0.5, 0.6) is 0 Å². The Balaban J connectivity index is 1.62. The van der Waals surface area contributed by atoms with Crippen LogP contribution >= 0.6 is 11.8 Å². The second-order valence-electron chi connectivity index (χ2n) is 5.61. The number of nitrogens with one attached hydrogen (secondary N) is 2. The van der Waals surface area contributed by atoms with Crippen LogP contribution in [-0.2, 0) is 22.6 Å². The summed E-state index contributed by atoms with van der Waals surface area (Å²) in [5.41, 5.74) is 0.595. The molecule has 8 heteroatoms. The molecule has 2 amide bonds. The van der Waals surface area contributed by atoms with Gasteiger partial charge >= 0.3 is 11.8 Å². The molecule has 7 nitrogen and oxygen atoms in total. The summed E-state index contributed by atoms with van der Waals surface area (Å²) in [5.74, 6) is 0.242. The lowest BCUT2D eigenvalue weighted by Gasteiger charge is -2.14. The quantitative estimate of drug-likeness (QED) is 0.651. The number of carbonyl (C=O) groups excluding carboxylic acids is 2. The fourth-order valence-corrected chi connectivity index (χ4v) is 3.17. The van der Waals surface area contributed by atoms with Crippen molar-refractivity contribution >= 4 is 29.3 Å². The normalized spacial score (nSPS) is 14.1. The SMILES string of the molecule is CSc1cccc(NC(=O)C(=O)NC(C)c2nnc3n2CCC3)c1. The maximum absolute atomic E-state index is 12.1. The van der Waals surface area contributed by atoms with Gasteiger partial charge in [-0.3, -0.25) is 9.59 Å². The van der Waals surface area contributed by atoms with E-state index in [2.05, 4.69) is 20.8 Å². The molecule has 1 atom stereocenters. The largest absolute Gasteiger partial charge is 0.338 e. The molecule has 0 saturated carbocycles. The summed E-state index contributed by atoms with van der Waals surface area (Å²) in [7, 11) is 0. The van der Waals surface area contributed by atoms with Crippen molar-refractivity contribution < 1.29 is 9.59 Å². The number of amides is 2. The predicted molar refractivity (Wildman–Crippen MR) is 91.8 cm³/mol. The van der Waals surface area contributed by atoms with Gasteiger partial charge in [0.15, 0.2) is 5.82 Å². The summed E-state index contributed by atoms with van der Waals surface area (Å²) >= 11 is 1.57. The molecule has 2 N–H and O–H groups in total. The first-order chi connectivity index (χ1) is 11.6. The number of rotatable bonds is 4. The molecule has 2 aromatic rings. The molecule has 1 aliphatic heterocycles. The van der Waals surface area contributed by atoms with Gasteiger partial charge in [-0.05, 0) is 37.8 Å². The van der Waals surface area contributed by atoms with Gasteiger partial charge in [0.1, 0.15) is 5.82 Å². The zero-order chi connectivity index (χ0) is 17.1. The average molecular weight is 345 g/mol. The van der Waals surface area contributed by atoms with Crippen LogP contribution in [0.25, 0.3) is 0 Å². The first-order valence-electron chi connectivity index (χ1n) is 7.76. The highest BCUT2D eigenvalue weighted by molar-refractivity contribution is 7.98. The van der Waals surface area contributed by atoms with E-state index in [-0.39, 0.29) is 6.04 Å². The van der Waals surface area contributed by atoms with Gasteiger partial charge in [0.05, 0.1) is 6.04 Å². The van der Waals surface area contributed by atoms with Crippen molar-refractivity contribution in [3.8, 4) is 0 Å². The minimum absolute atomic E-state index is 0.375. The first kappa shape index (κ1) is 16.5. The van der Waals surface area contributed by atoms with Crippen molar-refractivity contribution in [2.24, 2.45) is 0 Å². The molecule has 1 aromatic carbocycles. The van der Waals surface area contributed by atoms with Gasteiger partial charge in [0.25, 0.3) is 0 Å². The Morgan fingerprint density at radius 3 is 2.92 bits per heavy atom. The fourth-order valence-electron chi connectivity index (χ4n) is 2.71. The third-order valence-corrected chi connectivity index (χ3v) is 4.63. The van der Waals surface area contributed by atoms with E-state index < -0.39 is 11.8 Å². The van der Waals surface area contributed by atoms with Crippen molar-refractivity contribution in [2.75, 3.05) is 11.6 Å². The van der Waals surface area contributed by atoms with Crippen LogP contribution in [-0.4, -0.2) is 32.8 Å². The van der Waals surface area contributed by atoms with Gasteiger partial charge in [-0.15, -0.1) is 22.0 Å². The summed E-state index contributed by atoms with van der Waals surface area (Å²) in [6.45, 7) is 2.65. The van der Waals surface area contributed by atoms with E-state index in [4.69, 9.17) is 0 Å². The number of thioether (sulfide) groups is 1. The van der Waals surface area contributed by atoms with Gasteiger partial charge in [-0.25, -0.2) is 0 Å². The minimum atomic E-state index is -0.693. The lowest BCUT2D eigenvalue weighted by atomic mass is 10.3. The molecule has 2 heterocycles. The Labute approximate surface area is 144 Å². The number of nitrogens with zero attached hydrogens (tertiary/aromatic N) is 3. The summed E-state index contributed by atoms with van der Waals surface area (Å²) in [6.07, 6.45) is 3.89. The summed E-state index contributed by atoms with van der Waals surface area (Å²) < 4.78 is 2.00. The number of carbonyl (C=O) groups is 2. The predicted octanol–water partition coefficient (Wildman–Crippen LogP) is 1.76. The van der Waals surface area contributed by atoms with E-state index in [0.717, 1.165) is 30.1 Å². The monoisotopic (exact) mass is 345 g/mol. The highest BCUT2D eigenvalue weighted by atomic mass is 32.2. The van der Waals surface area contributed by atoms with Crippen molar-refractivity contribution in [3.05, 3.63) is 35.9 Å². The third kappa shape index (κ3) is 3.43. The van der Waals surface area contributed by atoms with Crippen molar-refractivity contribution in [2.45, 2.75) is 37.2 Å². The van der Waals surface area contributed by atoms with E-state index >= 15 is 0 Å². The summed E-state index contributed by atoms with van der Waals surface area (Å²) in [6, 6.07) is 6.97. The Kier molecular flexibility index (Phi) is 4.84. The molecule has 0 saturated heterocycles. The van der Waals surface area contributed by atoms with Gasteiger partial charge < -0.3 is 15.2 Å². The lowest BCUT2D eigenvalue weighted by Crippen LogP contribution is -2.37. The van der Waals surface area contributed by atoms with Gasteiger partial charge in [-0.1, -0.05) is 6.07 Å². The zero-order valence-electron chi connectivity index (χ0n) is 13.6. The molecule has 1 aromatic heterocycles. The molecule has 0 radical (unpaired) electrons. The van der Waals surface area contributed by atoms with Gasteiger partial charge in [0.2, 0.25) is 0 Å². The number of anilines is 1. The molecule has 0 bridgehead atoms. The summed E-state index contributed by atoms with van der Waals surface area (Å²) in [5, 5.41) is 13.5. The number of benzene rings is 1. The molecule has 24 heavy (non-hydrogen) atoms. The van der Waals surface area contributed by atoms with Crippen LogP contribution in [0.2, 0.25) is 0 Å². The molecule has 1 aliphatic rings. The second-order valence-corrected chi connectivity index (χ2v) is 6.49. The number of hydrogen-bond donors (Lipinski definition) is 2. The third-order valence-electron chi connectivity index (χ3n) is 3.91. The number of fused-ring (bicyclic) bond motifs is 1. The minimum Gasteiger partial charge on any atom is -0.338 e. The van der Waals surface area contributed by atoms with Crippen LogP contribution in [0.3, 0.4) is 0 Å². The van der Waals surface area contributed by atoms with Crippen LogP contribution in [0.1, 0.15) is 31.0 Å². The van der Waals surface area contributed by atoms with Gasteiger partial charge in [-0.2, -0.15) is 0 Å². The van der Waals surface area contributed by atoms with E-state index in [1.807, 2.05) is 29.0 Å². The van der Waals surface area contributed by atoms with E-state index in [1.165, 1.54) is 0 Å². The van der Waals surface area contributed by atoms with Crippen LogP contribution in [0.4, 0.5) is 5.69 Å². The fraction of sp³-hybridized carbons (Fsp3) is 0.375. The van der Waals surface area contributed by atoms with Crippen LogP contribution in [0, 0.1) is 0 Å². The number of aryl methyl sites for hydroxylation is 1. The Bertz CT molecular complexity index is 774. The van der Waals surface area contributed by atoms with Crippen molar-refractivity contribution in [3.63, 3.8) is 0 Å². The Morgan fingerprint density at radius 1 is 1.29 bits per heavy atom. The standard InChI is InChI=1S/C16H19N5O2S/c1-10(14-20-19-13-7-4-8-21(13)14)17-15(22)16(23)18-11-5-3-6-12(9-11)24-2/h3,5-6,9-10H,4,7-8H2,1-2H3,(H,17,22)(H,18,23). The first-order valence-corrected chi connectivity index (χ1v) is 8.99. The average Bonchev–Trinajstić information content (AvgIpc) is 3.17. The molecular weight excluding hydrogens is 326 g/mol. The summed E-state index contributed by atoms with van der Waals surface area (Å²) in [4.78, 5) is 25.2. The molecule has 3 rings (SSSR count). The second kappa shape index (κ2) is 7.04. The zero-order valence-corrected chi connectivity index (χ0v) is 14.4. The molecular formula is C16H19N5O2S. The van der Waals surface area contributed by atoms with E-state index in [9.17, 15) is 9.59 Å². The Hall–Kier alpha value is -2.35. The van der Waals surface area contributed by atoms with Crippen LogP contribution in [0.15, 0.2) is 29.2 Å². The molecule has 1 unspecified atom stereocenters. The highest BCUT2D eigenvalue weighted by Crippen LogP contribution is 2.20. The van der Waals surface area contributed by atoms with E-state index in [1.54, 1.807) is 24.8 Å². The molecule has 0 aliphatic carbocycles. The smallest absolute Gasteiger partial charge is 0.313 e. The lowest BCUT2D eigenvalue weighted by molar-refractivity contribution is -0.136. The van der Waals surface area contributed by atoms with Crippen LogP contribution < -0.4 is 10.6 Å². The van der Waals surface area contributed by atoms with Gasteiger partial charge in [0, 0.05) is 23.5 Å². The van der Waals surface area contributed by atoms with Crippen molar-refractivity contribution in [1.82, 2.24) is 20.1 Å². The molecule has 0 spiro atoms. The molecule has 0 fully saturated rings. The number of hydrogen-bond acceptors (Lipinski definition) is 5. The van der Waals surface area contributed by atoms with E-state index in [0.29, 0.717) is 11.5 Å². The maximum Gasteiger partial charge on any atom is 0.313 e. The number of aromatic nitrogens is 3.